The molecule has 6 nitrogen and oxygen atoms in total. The number of rotatable bonds is 7. The first-order valence-electron chi connectivity index (χ1n) is 9.33. The summed E-state index contributed by atoms with van der Waals surface area (Å²) < 4.78 is 10.8. The van der Waals surface area contributed by atoms with Crippen LogP contribution in [0.1, 0.15) is 64.5 Å². The molecule has 0 saturated carbocycles. The number of unbranched alkanes of at least 4 members (excludes halogenated alkanes) is 2. The molecule has 0 radical (unpaired) electrons. The highest BCUT2D eigenvalue weighted by Gasteiger charge is 2.22. The monoisotopic (exact) mass is 362 g/mol. The van der Waals surface area contributed by atoms with E-state index in [1.165, 1.54) is 0 Å². The topological polar surface area (TPSA) is 76.7 Å². The van der Waals surface area contributed by atoms with E-state index in [9.17, 15) is 9.59 Å². The minimum absolute atomic E-state index is 0.0290. The molecule has 0 bridgehead atoms. The number of alkyl carbamates (subject to hydrolysis) is 1. The first-order chi connectivity index (χ1) is 12.3. The molecule has 0 saturated heterocycles. The molecular weight excluding hydrogens is 332 g/mol. The van der Waals surface area contributed by atoms with Crippen LogP contribution in [0.3, 0.4) is 0 Å². The largest absolute Gasteiger partial charge is 0.493 e. The Bertz CT molecular complexity index is 610. The van der Waals surface area contributed by atoms with E-state index in [1.807, 2.05) is 45.0 Å². The van der Waals surface area contributed by atoms with Crippen molar-refractivity contribution in [3.8, 4) is 5.75 Å². The van der Waals surface area contributed by atoms with Crippen molar-refractivity contribution in [1.82, 2.24) is 10.6 Å². The van der Waals surface area contributed by atoms with Gasteiger partial charge in [0.2, 0.25) is 5.91 Å². The van der Waals surface area contributed by atoms with Crippen molar-refractivity contribution in [2.75, 3.05) is 13.2 Å². The average molecular weight is 362 g/mol. The van der Waals surface area contributed by atoms with Gasteiger partial charge in [0.1, 0.15) is 11.4 Å². The summed E-state index contributed by atoms with van der Waals surface area (Å²) in [5.74, 6) is 0.920. The summed E-state index contributed by atoms with van der Waals surface area (Å²) in [6, 6.07) is 7.87. The number of amides is 2. The summed E-state index contributed by atoms with van der Waals surface area (Å²) in [5.41, 5.74) is 0.568. The number of carbonyl (C=O) groups is 2. The fraction of sp³-hybridized carbons (Fsp3) is 0.600. The van der Waals surface area contributed by atoms with E-state index in [-0.39, 0.29) is 11.9 Å². The number of carbonyl (C=O) groups excluding carboxylic acids is 2. The molecule has 2 N–H and O–H groups in total. The van der Waals surface area contributed by atoms with Crippen LogP contribution in [0.25, 0.3) is 0 Å². The molecule has 0 aromatic heterocycles. The van der Waals surface area contributed by atoms with E-state index in [0.29, 0.717) is 19.6 Å². The van der Waals surface area contributed by atoms with E-state index in [4.69, 9.17) is 9.47 Å². The highest BCUT2D eigenvalue weighted by molar-refractivity contribution is 5.76. The van der Waals surface area contributed by atoms with Crippen molar-refractivity contribution in [3.05, 3.63) is 29.8 Å². The maximum absolute atomic E-state index is 12.2. The Morgan fingerprint density at radius 3 is 2.73 bits per heavy atom. The van der Waals surface area contributed by atoms with Gasteiger partial charge in [0, 0.05) is 24.9 Å². The van der Waals surface area contributed by atoms with E-state index >= 15 is 0 Å². The minimum atomic E-state index is -0.481. The van der Waals surface area contributed by atoms with Crippen molar-refractivity contribution >= 4 is 12.0 Å². The summed E-state index contributed by atoms with van der Waals surface area (Å²) in [6.45, 7) is 6.69. The Kier molecular flexibility index (Phi) is 7.30. The maximum Gasteiger partial charge on any atom is 0.407 e. The average Bonchev–Trinajstić information content (AvgIpc) is 2.57. The van der Waals surface area contributed by atoms with Gasteiger partial charge in [0.05, 0.1) is 12.6 Å². The normalized spacial score (nSPS) is 16.2. The van der Waals surface area contributed by atoms with Gasteiger partial charge in [-0.25, -0.2) is 4.79 Å². The van der Waals surface area contributed by atoms with Crippen LogP contribution in [0.5, 0.6) is 5.75 Å². The third-order valence-electron chi connectivity index (χ3n) is 4.04. The molecule has 2 amide bonds. The SMILES string of the molecule is CC(C)(C)OC(=O)NCCCCCC(=O)NC1CCOc2ccccc21. The molecule has 6 heteroatoms. The number of hydrogen-bond donors (Lipinski definition) is 2. The van der Waals surface area contributed by atoms with Gasteiger partial charge < -0.3 is 20.1 Å². The first kappa shape index (κ1) is 20.1. The van der Waals surface area contributed by atoms with Crippen molar-refractivity contribution < 1.29 is 19.1 Å². The Morgan fingerprint density at radius 2 is 1.96 bits per heavy atom. The Morgan fingerprint density at radius 1 is 1.19 bits per heavy atom. The molecule has 0 spiro atoms. The zero-order chi connectivity index (χ0) is 19.0. The molecule has 1 heterocycles. The van der Waals surface area contributed by atoms with Gasteiger partial charge >= 0.3 is 6.09 Å². The van der Waals surface area contributed by atoms with E-state index in [1.54, 1.807) is 0 Å². The fourth-order valence-corrected chi connectivity index (χ4v) is 2.85. The molecule has 144 valence electrons. The first-order valence-corrected chi connectivity index (χ1v) is 9.33. The van der Waals surface area contributed by atoms with Gasteiger partial charge in [-0.05, 0) is 39.7 Å². The zero-order valence-corrected chi connectivity index (χ0v) is 16.0. The van der Waals surface area contributed by atoms with E-state index < -0.39 is 11.7 Å². The Balaban J connectivity index is 1.60. The number of para-hydroxylation sites is 1. The van der Waals surface area contributed by atoms with Crippen molar-refractivity contribution in [1.29, 1.82) is 0 Å². The van der Waals surface area contributed by atoms with Gasteiger partial charge in [-0.15, -0.1) is 0 Å². The van der Waals surface area contributed by atoms with Gasteiger partial charge in [-0.2, -0.15) is 0 Å². The lowest BCUT2D eigenvalue weighted by atomic mass is 10.0. The van der Waals surface area contributed by atoms with Crippen LogP contribution in [0.2, 0.25) is 0 Å². The van der Waals surface area contributed by atoms with Crippen LogP contribution in [0, 0.1) is 0 Å². The van der Waals surface area contributed by atoms with Gasteiger partial charge in [0.15, 0.2) is 0 Å². The Hall–Kier alpha value is -2.24. The fourth-order valence-electron chi connectivity index (χ4n) is 2.85. The standard InChI is InChI=1S/C20H30N2O4/c1-20(2,3)26-19(24)21-13-8-4-5-11-18(23)22-16-12-14-25-17-10-7-6-9-15(16)17/h6-7,9-10,16H,4-5,8,11-14H2,1-3H3,(H,21,24)(H,22,23). The van der Waals surface area contributed by atoms with Gasteiger partial charge in [-0.1, -0.05) is 24.6 Å². The Labute approximate surface area is 155 Å². The molecule has 1 aliphatic rings. The quantitative estimate of drug-likeness (QED) is 0.725. The second kappa shape index (κ2) is 9.46. The molecule has 2 rings (SSSR count). The number of ether oxygens (including phenoxy) is 2. The minimum Gasteiger partial charge on any atom is -0.493 e. The second-order valence-corrected chi connectivity index (χ2v) is 7.53. The number of benzene rings is 1. The number of hydrogen-bond acceptors (Lipinski definition) is 4. The smallest absolute Gasteiger partial charge is 0.407 e. The predicted molar refractivity (Wildman–Crippen MR) is 100 cm³/mol. The molecule has 0 fully saturated rings. The number of fused-ring (bicyclic) bond motifs is 1. The van der Waals surface area contributed by atoms with E-state index in [2.05, 4.69) is 10.6 Å². The molecule has 1 aromatic rings. The van der Waals surface area contributed by atoms with Crippen LogP contribution < -0.4 is 15.4 Å². The lowest BCUT2D eigenvalue weighted by Crippen LogP contribution is -2.33. The zero-order valence-electron chi connectivity index (χ0n) is 16.0. The predicted octanol–water partition coefficient (Wildman–Crippen LogP) is 3.71. The summed E-state index contributed by atoms with van der Waals surface area (Å²) in [6.07, 6.45) is 3.40. The third-order valence-corrected chi connectivity index (χ3v) is 4.04. The van der Waals surface area contributed by atoms with Crippen molar-refractivity contribution in [3.63, 3.8) is 0 Å². The van der Waals surface area contributed by atoms with Crippen molar-refractivity contribution in [2.45, 2.75) is 64.5 Å². The third kappa shape index (κ3) is 6.94. The van der Waals surface area contributed by atoms with E-state index in [0.717, 1.165) is 37.0 Å². The lowest BCUT2D eigenvalue weighted by Gasteiger charge is -2.26. The number of nitrogens with one attached hydrogen (secondary N) is 2. The molecule has 1 aromatic carbocycles. The molecule has 1 aliphatic heterocycles. The summed E-state index contributed by atoms with van der Waals surface area (Å²) in [7, 11) is 0. The van der Waals surface area contributed by atoms with Crippen molar-refractivity contribution in [2.24, 2.45) is 0 Å². The summed E-state index contributed by atoms with van der Waals surface area (Å²) in [4.78, 5) is 23.7. The summed E-state index contributed by atoms with van der Waals surface area (Å²) in [5, 5.41) is 5.83. The van der Waals surface area contributed by atoms with Crippen LogP contribution in [-0.4, -0.2) is 30.8 Å². The van der Waals surface area contributed by atoms with Crippen LogP contribution in [0.15, 0.2) is 24.3 Å². The molecule has 26 heavy (non-hydrogen) atoms. The van der Waals surface area contributed by atoms with Gasteiger partial charge in [-0.3, -0.25) is 4.79 Å². The highest BCUT2D eigenvalue weighted by atomic mass is 16.6. The lowest BCUT2D eigenvalue weighted by molar-refractivity contribution is -0.122. The van der Waals surface area contributed by atoms with Crippen LogP contribution in [0.4, 0.5) is 4.79 Å². The highest BCUT2D eigenvalue weighted by Crippen LogP contribution is 2.31. The second-order valence-electron chi connectivity index (χ2n) is 7.53. The van der Waals surface area contributed by atoms with Crippen LogP contribution >= 0.6 is 0 Å². The molecule has 0 aliphatic carbocycles. The van der Waals surface area contributed by atoms with Crippen LogP contribution in [-0.2, 0) is 9.53 Å². The molecule has 1 atom stereocenters. The molecular formula is C20H30N2O4. The molecule has 1 unspecified atom stereocenters. The summed E-state index contributed by atoms with van der Waals surface area (Å²) >= 11 is 0. The maximum atomic E-state index is 12.2. The van der Waals surface area contributed by atoms with Gasteiger partial charge in [0.25, 0.3) is 0 Å².